The van der Waals surface area contributed by atoms with E-state index in [4.69, 9.17) is 16.7 Å². The number of aliphatic hydroxyl groups excluding tert-OH is 1. The van der Waals surface area contributed by atoms with E-state index in [1.54, 1.807) is 32.3 Å². The van der Waals surface area contributed by atoms with Crippen molar-refractivity contribution in [3.63, 3.8) is 0 Å². The van der Waals surface area contributed by atoms with E-state index in [0.717, 1.165) is 5.69 Å². The molecular formula is C12H18ClN3O2. The van der Waals surface area contributed by atoms with Crippen molar-refractivity contribution in [3.05, 3.63) is 29.0 Å². The highest BCUT2D eigenvalue weighted by Gasteiger charge is 2.09. The van der Waals surface area contributed by atoms with Gasteiger partial charge in [0.25, 0.3) is 0 Å². The Hall–Kier alpha value is -1.33. The SMILES string of the molecule is CC(O)CCN(C)C(=O)NCc1ccc(Cl)cn1. The van der Waals surface area contributed by atoms with Gasteiger partial charge in [-0.05, 0) is 25.5 Å². The Labute approximate surface area is 112 Å². The van der Waals surface area contributed by atoms with Crippen molar-refractivity contribution in [2.24, 2.45) is 0 Å². The Kier molecular flexibility index (Phi) is 5.88. The number of hydrogen-bond donors (Lipinski definition) is 2. The van der Waals surface area contributed by atoms with Crippen molar-refractivity contribution >= 4 is 17.6 Å². The maximum absolute atomic E-state index is 11.7. The van der Waals surface area contributed by atoms with Crippen LogP contribution in [0.15, 0.2) is 18.3 Å². The van der Waals surface area contributed by atoms with Crippen LogP contribution < -0.4 is 5.32 Å². The van der Waals surface area contributed by atoms with Crippen molar-refractivity contribution in [2.75, 3.05) is 13.6 Å². The first-order valence-electron chi connectivity index (χ1n) is 5.76. The van der Waals surface area contributed by atoms with Crippen LogP contribution in [-0.2, 0) is 6.54 Å². The molecule has 2 amide bonds. The predicted molar refractivity (Wildman–Crippen MR) is 70.4 cm³/mol. The molecule has 0 aromatic carbocycles. The molecule has 1 aromatic rings. The van der Waals surface area contributed by atoms with Crippen LogP contribution in [0.2, 0.25) is 5.02 Å². The predicted octanol–water partition coefficient (Wildman–Crippen LogP) is 1.65. The number of halogens is 1. The molecule has 1 heterocycles. The number of rotatable bonds is 5. The number of aromatic nitrogens is 1. The lowest BCUT2D eigenvalue weighted by atomic mass is 10.3. The molecule has 0 aliphatic carbocycles. The summed E-state index contributed by atoms with van der Waals surface area (Å²) in [6.45, 7) is 2.57. The molecule has 6 heteroatoms. The van der Waals surface area contributed by atoms with Gasteiger partial charge in [-0.3, -0.25) is 4.98 Å². The lowest BCUT2D eigenvalue weighted by molar-refractivity contribution is 0.163. The molecule has 0 radical (unpaired) electrons. The van der Waals surface area contributed by atoms with Crippen molar-refractivity contribution in [1.82, 2.24) is 15.2 Å². The number of nitrogens with zero attached hydrogens (tertiary/aromatic N) is 2. The van der Waals surface area contributed by atoms with Gasteiger partial charge in [0.2, 0.25) is 0 Å². The number of urea groups is 1. The van der Waals surface area contributed by atoms with Crippen LogP contribution in [0.5, 0.6) is 0 Å². The highest BCUT2D eigenvalue weighted by Crippen LogP contribution is 2.05. The van der Waals surface area contributed by atoms with E-state index in [1.807, 2.05) is 0 Å². The Balaban J connectivity index is 2.34. The Morgan fingerprint density at radius 1 is 1.61 bits per heavy atom. The fraction of sp³-hybridized carbons (Fsp3) is 0.500. The molecule has 5 nitrogen and oxygen atoms in total. The molecule has 100 valence electrons. The van der Waals surface area contributed by atoms with Gasteiger partial charge in [0.15, 0.2) is 0 Å². The fourth-order valence-electron chi connectivity index (χ4n) is 1.29. The summed E-state index contributed by atoms with van der Waals surface area (Å²) in [6, 6.07) is 3.30. The third-order valence-electron chi connectivity index (χ3n) is 2.44. The zero-order chi connectivity index (χ0) is 13.5. The van der Waals surface area contributed by atoms with Crippen LogP contribution in [0.25, 0.3) is 0 Å². The summed E-state index contributed by atoms with van der Waals surface area (Å²) < 4.78 is 0. The van der Waals surface area contributed by atoms with Gasteiger partial charge in [-0.25, -0.2) is 4.79 Å². The molecule has 0 aliphatic heterocycles. The second kappa shape index (κ2) is 7.18. The Morgan fingerprint density at radius 3 is 2.89 bits per heavy atom. The van der Waals surface area contributed by atoms with Crippen LogP contribution in [0, 0.1) is 0 Å². The number of hydrogen-bond acceptors (Lipinski definition) is 3. The zero-order valence-corrected chi connectivity index (χ0v) is 11.3. The van der Waals surface area contributed by atoms with Crippen LogP contribution in [0.4, 0.5) is 4.79 Å². The number of pyridine rings is 1. The van der Waals surface area contributed by atoms with Crippen LogP contribution >= 0.6 is 11.6 Å². The quantitative estimate of drug-likeness (QED) is 0.856. The van der Waals surface area contributed by atoms with E-state index in [9.17, 15) is 4.79 Å². The summed E-state index contributed by atoms with van der Waals surface area (Å²) in [4.78, 5) is 17.3. The van der Waals surface area contributed by atoms with Crippen LogP contribution in [-0.4, -0.2) is 40.7 Å². The lowest BCUT2D eigenvalue weighted by Crippen LogP contribution is -2.38. The average molecular weight is 272 g/mol. The number of aliphatic hydroxyl groups is 1. The van der Waals surface area contributed by atoms with Gasteiger partial charge in [0.05, 0.1) is 23.4 Å². The highest BCUT2D eigenvalue weighted by atomic mass is 35.5. The molecule has 0 bridgehead atoms. The summed E-state index contributed by atoms with van der Waals surface area (Å²) in [7, 11) is 1.69. The van der Waals surface area contributed by atoms with E-state index in [1.165, 1.54) is 4.90 Å². The van der Waals surface area contributed by atoms with Gasteiger partial charge >= 0.3 is 6.03 Å². The summed E-state index contributed by atoms with van der Waals surface area (Å²) in [6.07, 6.45) is 1.70. The van der Waals surface area contributed by atoms with Gasteiger partial charge in [-0.2, -0.15) is 0 Å². The Bertz CT molecular complexity index is 381. The highest BCUT2D eigenvalue weighted by molar-refractivity contribution is 6.30. The minimum Gasteiger partial charge on any atom is -0.393 e. The molecule has 1 aromatic heterocycles. The summed E-state index contributed by atoms with van der Waals surface area (Å²) in [5, 5.41) is 12.4. The summed E-state index contributed by atoms with van der Waals surface area (Å²) in [5.74, 6) is 0. The molecule has 0 aliphatic rings. The maximum Gasteiger partial charge on any atom is 0.317 e. The monoisotopic (exact) mass is 271 g/mol. The Morgan fingerprint density at radius 2 is 2.33 bits per heavy atom. The second-order valence-corrected chi connectivity index (χ2v) is 4.62. The number of amides is 2. The zero-order valence-electron chi connectivity index (χ0n) is 10.6. The first-order chi connectivity index (χ1) is 8.49. The maximum atomic E-state index is 11.7. The molecule has 0 saturated carbocycles. The van der Waals surface area contributed by atoms with Gasteiger partial charge < -0.3 is 15.3 Å². The van der Waals surface area contributed by atoms with E-state index < -0.39 is 6.10 Å². The molecule has 18 heavy (non-hydrogen) atoms. The van der Waals surface area contributed by atoms with E-state index >= 15 is 0 Å². The summed E-state index contributed by atoms with van der Waals surface area (Å²) in [5.41, 5.74) is 0.747. The molecule has 0 spiro atoms. The van der Waals surface area contributed by atoms with Gasteiger partial charge in [0, 0.05) is 19.8 Å². The molecule has 0 fully saturated rings. The smallest absolute Gasteiger partial charge is 0.317 e. The minimum absolute atomic E-state index is 0.188. The summed E-state index contributed by atoms with van der Waals surface area (Å²) >= 11 is 5.71. The largest absolute Gasteiger partial charge is 0.393 e. The van der Waals surface area contributed by atoms with Gasteiger partial charge in [-0.1, -0.05) is 11.6 Å². The van der Waals surface area contributed by atoms with Gasteiger partial charge in [0.1, 0.15) is 0 Å². The topological polar surface area (TPSA) is 65.5 Å². The fourth-order valence-corrected chi connectivity index (χ4v) is 1.41. The van der Waals surface area contributed by atoms with Gasteiger partial charge in [-0.15, -0.1) is 0 Å². The number of nitrogens with one attached hydrogen (secondary N) is 1. The van der Waals surface area contributed by atoms with Crippen LogP contribution in [0.1, 0.15) is 19.0 Å². The molecular weight excluding hydrogens is 254 g/mol. The first-order valence-corrected chi connectivity index (χ1v) is 6.14. The molecule has 1 rings (SSSR count). The van der Waals surface area contributed by atoms with E-state index in [0.29, 0.717) is 24.5 Å². The molecule has 1 unspecified atom stereocenters. The minimum atomic E-state index is -0.404. The third-order valence-corrected chi connectivity index (χ3v) is 2.66. The van der Waals surface area contributed by atoms with Crippen molar-refractivity contribution in [3.8, 4) is 0 Å². The van der Waals surface area contributed by atoms with Crippen molar-refractivity contribution in [1.29, 1.82) is 0 Å². The number of carbonyl (C=O) groups excluding carboxylic acids is 1. The normalized spacial score (nSPS) is 12.0. The third kappa shape index (κ3) is 5.33. The standard InChI is InChI=1S/C12H18ClN3O2/c1-9(17)5-6-16(2)12(18)15-8-11-4-3-10(13)7-14-11/h3-4,7,9,17H,5-6,8H2,1-2H3,(H,15,18). The molecule has 0 saturated heterocycles. The molecule has 1 atom stereocenters. The second-order valence-electron chi connectivity index (χ2n) is 4.19. The lowest BCUT2D eigenvalue weighted by Gasteiger charge is -2.18. The van der Waals surface area contributed by atoms with E-state index in [2.05, 4.69) is 10.3 Å². The van der Waals surface area contributed by atoms with E-state index in [-0.39, 0.29) is 6.03 Å². The number of carbonyl (C=O) groups is 1. The van der Waals surface area contributed by atoms with Crippen molar-refractivity contribution < 1.29 is 9.90 Å². The molecule has 2 N–H and O–H groups in total. The first kappa shape index (κ1) is 14.7. The average Bonchev–Trinajstić information content (AvgIpc) is 2.34. The van der Waals surface area contributed by atoms with Crippen molar-refractivity contribution in [2.45, 2.75) is 26.0 Å². The van der Waals surface area contributed by atoms with Crippen LogP contribution in [0.3, 0.4) is 0 Å².